The van der Waals surface area contributed by atoms with Crippen molar-refractivity contribution in [3.8, 4) is 0 Å². The second-order valence-corrected chi connectivity index (χ2v) is 8.18. The van der Waals surface area contributed by atoms with Crippen LogP contribution in [-0.4, -0.2) is 35.6 Å². The summed E-state index contributed by atoms with van der Waals surface area (Å²) < 4.78 is 33.3. The first-order chi connectivity index (χ1) is 14.0. The second-order valence-electron chi connectivity index (χ2n) is 8.18. The number of alkyl carbamates (subject to hydrolysis) is 1. The minimum atomic E-state index is -0.710. The standard InChI is InChI=1S/C23H28F2N2O3/c1-23(2,3)30-22(29)26-18(13-16-9-5-7-11-19(16)24)14-21(28)27(4)15-17-10-6-8-12-20(17)25/h5-12,18H,13-15H2,1-4H3,(H,26,29). The Labute approximate surface area is 176 Å². The molecular formula is C23H28F2N2O3. The lowest BCUT2D eigenvalue weighted by Crippen LogP contribution is -2.43. The van der Waals surface area contributed by atoms with E-state index in [0.29, 0.717) is 11.1 Å². The fraction of sp³-hybridized carbons (Fsp3) is 0.391. The average molecular weight is 418 g/mol. The summed E-state index contributed by atoms with van der Waals surface area (Å²) >= 11 is 0. The molecule has 7 heteroatoms. The van der Waals surface area contributed by atoms with Crippen molar-refractivity contribution in [3.63, 3.8) is 0 Å². The number of hydrogen-bond acceptors (Lipinski definition) is 3. The monoisotopic (exact) mass is 418 g/mol. The van der Waals surface area contributed by atoms with E-state index in [1.165, 1.54) is 17.0 Å². The van der Waals surface area contributed by atoms with Crippen LogP contribution in [0.25, 0.3) is 0 Å². The first-order valence-electron chi connectivity index (χ1n) is 9.75. The Morgan fingerprint density at radius 2 is 1.53 bits per heavy atom. The predicted octanol–water partition coefficient (Wildman–Crippen LogP) is 4.45. The molecule has 1 unspecified atom stereocenters. The van der Waals surface area contributed by atoms with Gasteiger partial charge in [-0.25, -0.2) is 13.6 Å². The third-order valence-electron chi connectivity index (χ3n) is 4.36. The van der Waals surface area contributed by atoms with Crippen molar-refractivity contribution in [2.24, 2.45) is 0 Å². The normalized spacial score (nSPS) is 12.2. The van der Waals surface area contributed by atoms with Crippen molar-refractivity contribution in [3.05, 3.63) is 71.3 Å². The number of ether oxygens (including phenoxy) is 1. The topological polar surface area (TPSA) is 58.6 Å². The number of nitrogens with zero attached hydrogens (tertiary/aromatic N) is 1. The van der Waals surface area contributed by atoms with E-state index >= 15 is 0 Å². The van der Waals surface area contributed by atoms with Crippen LogP contribution in [0.15, 0.2) is 48.5 Å². The molecule has 0 aliphatic carbocycles. The van der Waals surface area contributed by atoms with Crippen LogP contribution in [0.4, 0.5) is 13.6 Å². The summed E-state index contributed by atoms with van der Waals surface area (Å²) in [6, 6.07) is 11.7. The number of amides is 2. The first-order valence-corrected chi connectivity index (χ1v) is 9.75. The van der Waals surface area contributed by atoms with E-state index in [4.69, 9.17) is 4.74 Å². The van der Waals surface area contributed by atoms with Gasteiger partial charge in [0.15, 0.2) is 0 Å². The van der Waals surface area contributed by atoms with Gasteiger partial charge in [-0.2, -0.15) is 0 Å². The molecule has 2 amide bonds. The molecule has 0 spiro atoms. The zero-order valence-electron chi connectivity index (χ0n) is 17.7. The Morgan fingerprint density at radius 3 is 2.07 bits per heavy atom. The van der Waals surface area contributed by atoms with Crippen molar-refractivity contribution >= 4 is 12.0 Å². The molecule has 0 saturated heterocycles. The fourth-order valence-electron chi connectivity index (χ4n) is 2.91. The Kier molecular flexibility index (Phi) is 7.92. The van der Waals surface area contributed by atoms with E-state index in [2.05, 4.69) is 5.32 Å². The molecule has 2 aromatic carbocycles. The highest BCUT2D eigenvalue weighted by Crippen LogP contribution is 2.15. The molecule has 1 atom stereocenters. The zero-order chi connectivity index (χ0) is 22.3. The molecule has 0 aromatic heterocycles. The van der Waals surface area contributed by atoms with Crippen LogP contribution in [0.3, 0.4) is 0 Å². The Balaban J connectivity index is 2.10. The highest BCUT2D eigenvalue weighted by atomic mass is 19.1. The molecule has 162 valence electrons. The van der Waals surface area contributed by atoms with Gasteiger partial charge in [0.25, 0.3) is 0 Å². The number of benzene rings is 2. The molecule has 0 fully saturated rings. The quantitative estimate of drug-likeness (QED) is 0.723. The Bertz CT molecular complexity index is 881. The summed E-state index contributed by atoms with van der Waals surface area (Å²) in [5.41, 5.74) is 0.0559. The molecular weight excluding hydrogens is 390 g/mol. The van der Waals surface area contributed by atoms with Gasteiger partial charge in [-0.15, -0.1) is 0 Å². The lowest BCUT2D eigenvalue weighted by Gasteiger charge is -2.25. The van der Waals surface area contributed by atoms with Gasteiger partial charge >= 0.3 is 6.09 Å². The Hall–Kier alpha value is -2.96. The van der Waals surface area contributed by atoms with Crippen LogP contribution in [0.5, 0.6) is 0 Å². The molecule has 0 heterocycles. The van der Waals surface area contributed by atoms with Crippen LogP contribution in [0.2, 0.25) is 0 Å². The first kappa shape index (κ1) is 23.3. The third kappa shape index (κ3) is 7.46. The summed E-state index contributed by atoms with van der Waals surface area (Å²) in [6.45, 7) is 5.27. The van der Waals surface area contributed by atoms with Crippen LogP contribution in [0, 0.1) is 11.6 Å². The van der Waals surface area contributed by atoms with Crippen molar-refractivity contribution in [2.45, 2.75) is 51.8 Å². The van der Waals surface area contributed by atoms with E-state index in [1.54, 1.807) is 64.2 Å². The van der Waals surface area contributed by atoms with Gasteiger partial charge in [0, 0.05) is 31.6 Å². The minimum absolute atomic E-state index is 0.0848. The molecule has 0 aliphatic heterocycles. The van der Waals surface area contributed by atoms with E-state index in [9.17, 15) is 18.4 Å². The maximum atomic E-state index is 14.1. The molecule has 0 saturated carbocycles. The lowest BCUT2D eigenvalue weighted by molar-refractivity contribution is -0.130. The highest BCUT2D eigenvalue weighted by Gasteiger charge is 2.24. The van der Waals surface area contributed by atoms with Gasteiger partial charge in [0.2, 0.25) is 5.91 Å². The van der Waals surface area contributed by atoms with E-state index < -0.39 is 29.4 Å². The SMILES string of the molecule is CN(Cc1ccccc1F)C(=O)CC(Cc1ccccc1F)NC(=O)OC(C)(C)C. The molecule has 5 nitrogen and oxygen atoms in total. The van der Waals surface area contributed by atoms with Gasteiger partial charge < -0.3 is 15.0 Å². The lowest BCUT2D eigenvalue weighted by atomic mass is 10.0. The van der Waals surface area contributed by atoms with Gasteiger partial charge in [0.1, 0.15) is 17.2 Å². The van der Waals surface area contributed by atoms with Gasteiger partial charge in [-0.05, 0) is 44.9 Å². The van der Waals surface area contributed by atoms with Gasteiger partial charge in [-0.1, -0.05) is 36.4 Å². The summed E-state index contributed by atoms with van der Waals surface area (Å²) in [6.07, 6.45) is -0.655. The molecule has 0 aliphatic rings. The van der Waals surface area contributed by atoms with Gasteiger partial charge in [0.05, 0.1) is 0 Å². The third-order valence-corrected chi connectivity index (χ3v) is 4.36. The average Bonchev–Trinajstić information content (AvgIpc) is 2.63. The van der Waals surface area contributed by atoms with Crippen molar-refractivity contribution in [1.82, 2.24) is 10.2 Å². The van der Waals surface area contributed by atoms with E-state index in [1.807, 2.05) is 0 Å². The Morgan fingerprint density at radius 1 is 1.00 bits per heavy atom. The van der Waals surface area contributed by atoms with E-state index in [-0.39, 0.29) is 25.3 Å². The number of carbonyl (C=O) groups is 2. The number of rotatable bonds is 7. The molecule has 2 aromatic rings. The molecule has 2 rings (SSSR count). The second kappa shape index (κ2) is 10.2. The summed E-state index contributed by atoms with van der Waals surface area (Å²) in [7, 11) is 1.56. The maximum Gasteiger partial charge on any atom is 0.407 e. The van der Waals surface area contributed by atoms with Crippen LogP contribution in [-0.2, 0) is 22.5 Å². The maximum absolute atomic E-state index is 14.1. The minimum Gasteiger partial charge on any atom is -0.444 e. The summed E-state index contributed by atoms with van der Waals surface area (Å²) in [5, 5.41) is 2.66. The molecule has 0 bridgehead atoms. The molecule has 1 N–H and O–H groups in total. The molecule has 0 radical (unpaired) electrons. The number of halogens is 2. The number of nitrogens with one attached hydrogen (secondary N) is 1. The number of hydrogen-bond donors (Lipinski definition) is 1. The van der Waals surface area contributed by atoms with Crippen molar-refractivity contribution < 1.29 is 23.1 Å². The van der Waals surface area contributed by atoms with Crippen molar-refractivity contribution in [1.29, 1.82) is 0 Å². The van der Waals surface area contributed by atoms with Crippen LogP contribution >= 0.6 is 0 Å². The van der Waals surface area contributed by atoms with Gasteiger partial charge in [-0.3, -0.25) is 4.79 Å². The van der Waals surface area contributed by atoms with E-state index in [0.717, 1.165) is 0 Å². The van der Waals surface area contributed by atoms with Crippen molar-refractivity contribution in [2.75, 3.05) is 7.05 Å². The van der Waals surface area contributed by atoms with Crippen LogP contribution < -0.4 is 5.32 Å². The number of carbonyl (C=O) groups excluding carboxylic acids is 2. The summed E-state index contributed by atoms with van der Waals surface area (Å²) in [5.74, 6) is -1.12. The smallest absolute Gasteiger partial charge is 0.407 e. The summed E-state index contributed by atoms with van der Waals surface area (Å²) in [4.78, 5) is 26.3. The fourth-order valence-corrected chi connectivity index (χ4v) is 2.91. The molecule has 30 heavy (non-hydrogen) atoms. The van der Waals surface area contributed by atoms with Crippen LogP contribution in [0.1, 0.15) is 38.3 Å². The largest absolute Gasteiger partial charge is 0.444 e. The predicted molar refractivity (Wildman–Crippen MR) is 111 cm³/mol. The highest BCUT2D eigenvalue weighted by molar-refractivity contribution is 5.77. The zero-order valence-corrected chi connectivity index (χ0v) is 17.7.